The molecule has 1 aromatic carbocycles. The fraction of sp³-hybridized carbons (Fsp3) is 0.250. The van der Waals surface area contributed by atoms with E-state index in [0.29, 0.717) is 17.9 Å². The minimum absolute atomic E-state index is 0.00134. The summed E-state index contributed by atoms with van der Waals surface area (Å²) in [6, 6.07) is 5.90. The number of benzene rings is 1. The van der Waals surface area contributed by atoms with Crippen molar-refractivity contribution in [2.24, 2.45) is 0 Å². The second-order valence-electron chi connectivity index (χ2n) is 5.33. The number of aromatic carboxylic acids is 1. The van der Waals surface area contributed by atoms with Crippen molar-refractivity contribution in [3.63, 3.8) is 0 Å². The molecule has 0 amide bonds. The number of aromatic nitrogens is 2. The van der Waals surface area contributed by atoms with E-state index in [9.17, 15) is 4.79 Å². The molecule has 108 valence electrons. The van der Waals surface area contributed by atoms with Gasteiger partial charge in [0.2, 0.25) is 5.76 Å². The van der Waals surface area contributed by atoms with Gasteiger partial charge in [-0.05, 0) is 50.1 Å². The van der Waals surface area contributed by atoms with E-state index in [4.69, 9.17) is 9.52 Å². The summed E-state index contributed by atoms with van der Waals surface area (Å²) >= 11 is 0. The Hall–Kier alpha value is -2.56. The van der Waals surface area contributed by atoms with Crippen molar-refractivity contribution in [2.45, 2.75) is 27.3 Å². The molecule has 1 N–H and O–H groups in total. The number of fused-ring (bicyclic) bond motifs is 1. The molecule has 0 bridgehead atoms. The Morgan fingerprint density at radius 2 is 1.90 bits per heavy atom. The zero-order valence-electron chi connectivity index (χ0n) is 12.2. The van der Waals surface area contributed by atoms with E-state index in [-0.39, 0.29) is 5.76 Å². The van der Waals surface area contributed by atoms with Gasteiger partial charge in [0, 0.05) is 5.56 Å². The standard InChI is InChI=1S/C16H16N2O3/c1-9-5-13-14(6-10(9)2)18(8-17-13)7-12-4-11(3)15(21-12)16(19)20/h4-6,8H,7H2,1-3H3,(H,19,20). The first-order valence-corrected chi connectivity index (χ1v) is 6.70. The van der Waals surface area contributed by atoms with Crippen molar-refractivity contribution in [1.82, 2.24) is 9.55 Å². The van der Waals surface area contributed by atoms with Crippen molar-refractivity contribution < 1.29 is 14.3 Å². The highest BCUT2D eigenvalue weighted by Gasteiger charge is 2.15. The molecule has 3 aromatic rings. The minimum Gasteiger partial charge on any atom is -0.475 e. The smallest absolute Gasteiger partial charge is 0.372 e. The van der Waals surface area contributed by atoms with Crippen molar-refractivity contribution in [3.8, 4) is 0 Å². The predicted octanol–water partition coefficient (Wildman–Crippen LogP) is 3.30. The molecule has 0 aliphatic rings. The molecular weight excluding hydrogens is 268 g/mol. The second-order valence-corrected chi connectivity index (χ2v) is 5.33. The Bertz CT molecular complexity index is 843. The molecule has 21 heavy (non-hydrogen) atoms. The molecule has 0 radical (unpaired) electrons. The Morgan fingerprint density at radius 1 is 1.19 bits per heavy atom. The first kappa shape index (κ1) is 13.4. The van der Waals surface area contributed by atoms with Crippen LogP contribution in [0.25, 0.3) is 11.0 Å². The number of nitrogens with zero attached hydrogens (tertiary/aromatic N) is 2. The van der Waals surface area contributed by atoms with Crippen LogP contribution in [0, 0.1) is 20.8 Å². The summed E-state index contributed by atoms with van der Waals surface area (Å²) < 4.78 is 7.37. The van der Waals surface area contributed by atoms with Crippen molar-refractivity contribution in [3.05, 3.63) is 52.7 Å². The van der Waals surface area contributed by atoms with Gasteiger partial charge in [-0.2, -0.15) is 0 Å². The molecule has 0 aliphatic heterocycles. The van der Waals surface area contributed by atoms with Gasteiger partial charge in [0.05, 0.1) is 23.9 Å². The zero-order chi connectivity index (χ0) is 15.1. The number of rotatable bonds is 3. The Kier molecular flexibility index (Phi) is 3.05. The van der Waals surface area contributed by atoms with Gasteiger partial charge >= 0.3 is 5.97 Å². The van der Waals surface area contributed by atoms with Crippen LogP contribution in [0.1, 0.15) is 33.0 Å². The van der Waals surface area contributed by atoms with Crippen LogP contribution in [0.15, 0.2) is 28.9 Å². The SMILES string of the molecule is Cc1cc2ncn(Cc3cc(C)c(C(=O)O)o3)c2cc1C. The van der Waals surface area contributed by atoms with E-state index >= 15 is 0 Å². The molecule has 0 saturated heterocycles. The van der Waals surface area contributed by atoms with Crippen LogP contribution in [0.5, 0.6) is 0 Å². The monoisotopic (exact) mass is 284 g/mol. The topological polar surface area (TPSA) is 68.3 Å². The quantitative estimate of drug-likeness (QED) is 0.801. The summed E-state index contributed by atoms with van der Waals surface area (Å²) in [5, 5.41) is 9.03. The molecule has 0 aliphatic carbocycles. The Morgan fingerprint density at radius 3 is 2.57 bits per heavy atom. The average molecular weight is 284 g/mol. The van der Waals surface area contributed by atoms with Gasteiger partial charge in [0.15, 0.2) is 0 Å². The van der Waals surface area contributed by atoms with Gasteiger partial charge in [-0.3, -0.25) is 0 Å². The van der Waals surface area contributed by atoms with Crippen LogP contribution in [-0.2, 0) is 6.54 Å². The Balaban J connectivity index is 2.00. The lowest BCUT2D eigenvalue weighted by molar-refractivity contribution is 0.0659. The maximum Gasteiger partial charge on any atom is 0.372 e. The van der Waals surface area contributed by atoms with Crippen molar-refractivity contribution in [1.29, 1.82) is 0 Å². The number of carbonyl (C=O) groups is 1. The number of carboxylic acids is 1. The first-order chi connectivity index (χ1) is 9.95. The largest absolute Gasteiger partial charge is 0.475 e. The van der Waals surface area contributed by atoms with Crippen LogP contribution in [0.3, 0.4) is 0 Å². The van der Waals surface area contributed by atoms with Gasteiger partial charge in [-0.15, -0.1) is 0 Å². The van der Waals surface area contributed by atoms with E-state index in [0.717, 1.165) is 11.0 Å². The van der Waals surface area contributed by atoms with E-state index < -0.39 is 5.97 Å². The van der Waals surface area contributed by atoms with Gasteiger partial charge in [-0.1, -0.05) is 0 Å². The molecule has 3 rings (SSSR count). The summed E-state index contributed by atoms with van der Waals surface area (Å²) in [5.74, 6) is -0.426. The van der Waals surface area contributed by atoms with Crippen LogP contribution >= 0.6 is 0 Å². The fourth-order valence-corrected chi connectivity index (χ4v) is 2.45. The third-order valence-corrected chi connectivity index (χ3v) is 3.73. The number of aryl methyl sites for hydroxylation is 3. The summed E-state index contributed by atoms with van der Waals surface area (Å²) in [6.07, 6.45) is 1.75. The summed E-state index contributed by atoms with van der Waals surface area (Å²) in [7, 11) is 0. The van der Waals surface area contributed by atoms with Crippen molar-refractivity contribution in [2.75, 3.05) is 0 Å². The molecule has 0 spiro atoms. The lowest BCUT2D eigenvalue weighted by atomic mass is 10.1. The van der Waals surface area contributed by atoms with Gasteiger partial charge in [0.1, 0.15) is 5.76 Å². The molecule has 2 aromatic heterocycles. The Labute approximate surface area is 121 Å². The molecule has 0 saturated carbocycles. The third kappa shape index (κ3) is 2.31. The molecule has 5 heteroatoms. The molecule has 2 heterocycles. The van der Waals surface area contributed by atoms with Gasteiger partial charge < -0.3 is 14.1 Å². The number of furan rings is 1. The van der Waals surface area contributed by atoms with E-state index in [1.807, 2.05) is 4.57 Å². The number of imidazole rings is 1. The van der Waals surface area contributed by atoms with Crippen LogP contribution in [-0.4, -0.2) is 20.6 Å². The number of hydrogen-bond acceptors (Lipinski definition) is 3. The summed E-state index contributed by atoms with van der Waals surface area (Å²) in [6.45, 7) is 6.32. The lowest BCUT2D eigenvalue weighted by Crippen LogP contribution is -1.98. The number of carboxylic acid groups (broad SMARTS) is 1. The molecule has 0 fully saturated rings. The highest BCUT2D eigenvalue weighted by Crippen LogP contribution is 2.21. The van der Waals surface area contributed by atoms with E-state index in [2.05, 4.69) is 31.0 Å². The van der Waals surface area contributed by atoms with Crippen LogP contribution < -0.4 is 0 Å². The predicted molar refractivity (Wildman–Crippen MR) is 78.7 cm³/mol. The van der Waals surface area contributed by atoms with Gasteiger partial charge in [0.25, 0.3) is 0 Å². The molecular formula is C16H16N2O3. The summed E-state index contributed by atoms with van der Waals surface area (Å²) in [5.41, 5.74) is 4.98. The maximum atomic E-state index is 11.0. The highest BCUT2D eigenvalue weighted by atomic mass is 16.4. The third-order valence-electron chi connectivity index (χ3n) is 3.73. The lowest BCUT2D eigenvalue weighted by Gasteiger charge is -2.04. The minimum atomic E-state index is -1.04. The van der Waals surface area contributed by atoms with Crippen LogP contribution in [0.2, 0.25) is 0 Å². The van der Waals surface area contributed by atoms with Crippen LogP contribution in [0.4, 0.5) is 0 Å². The molecule has 0 unspecified atom stereocenters. The molecule has 5 nitrogen and oxygen atoms in total. The fourth-order valence-electron chi connectivity index (χ4n) is 2.45. The zero-order valence-corrected chi connectivity index (χ0v) is 12.2. The summed E-state index contributed by atoms with van der Waals surface area (Å²) in [4.78, 5) is 15.4. The van der Waals surface area contributed by atoms with Gasteiger partial charge in [-0.25, -0.2) is 9.78 Å². The highest BCUT2D eigenvalue weighted by molar-refractivity contribution is 5.86. The van der Waals surface area contributed by atoms with E-state index in [1.165, 1.54) is 11.1 Å². The number of hydrogen-bond donors (Lipinski definition) is 1. The van der Waals surface area contributed by atoms with E-state index in [1.54, 1.807) is 19.3 Å². The average Bonchev–Trinajstić information content (AvgIpc) is 2.96. The molecule has 0 atom stereocenters. The maximum absolute atomic E-state index is 11.0. The normalized spacial score (nSPS) is 11.2. The second kappa shape index (κ2) is 4.77. The van der Waals surface area contributed by atoms with Crippen molar-refractivity contribution >= 4 is 17.0 Å². The first-order valence-electron chi connectivity index (χ1n) is 6.70.